The molecule has 2 aromatic rings. The molecule has 0 N–H and O–H groups in total. The summed E-state index contributed by atoms with van der Waals surface area (Å²) in [5, 5.41) is 7.75. The molecule has 0 spiro atoms. The van der Waals surface area contributed by atoms with Gasteiger partial charge in [0.2, 0.25) is 0 Å². The van der Waals surface area contributed by atoms with Crippen LogP contribution < -0.4 is 0 Å². The summed E-state index contributed by atoms with van der Waals surface area (Å²) in [6, 6.07) is 6.80. The van der Waals surface area contributed by atoms with E-state index in [-0.39, 0.29) is 11.9 Å². The normalized spacial score (nSPS) is 10.9. The predicted octanol–water partition coefficient (Wildman–Crippen LogP) is 2.67. The van der Waals surface area contributed by atoms with Crippen molar-refractivity contribution < 1.29 is 4.39 Å². The molecular formula is C11H12FN3. The Balaban J connectivity index is 2.55. The van der Waals surface area contributed by atoms with E-state index in [0.29, 0.717) is 11.4 Å². The second-order valence-electron chi connectivity index (χ2n) is 3.64. The third-order valence-corrected chi connectivity index (χ3v) is 2.24. The first-order valence-electron chi connectivity index (χ1n) is 4.84. The Morgan fingerprint density at radius 3 is 2.67 bits per heavy atom. The average Bonchev–Trinajstić information content (AvgIpc) is 2.67. The van der Waals surface area contributed by atoms with Crippen LogP contribution in [0.4, 0.5) is 4.39 Å². The summed E-state index contributed by atoms with van der Waals surface area (Å²) < 4.78 is 15.4. The van der Waals surface area contributed by atoms with Crippen molar-refractivity contribution in [1.82, 2.24) is 14.8 Å². The molecule has 78 valence electrons. The largest absolute Gasteiger partial charge is 0.311 e. The minimum atomic E-state index is -0.271. The number of hydrogen-bond acceptors (Lipinski definition) is 2. The summed E-state index contributed by atoms with van der Waals surface area (Å²) in [5.74, 6) is 0.301. The number of benzene rings is 1. The molecule has 1 aromatic heterocycles. The van der Waals surface area contributed by atoms with Crippen LogP contribution in [0.1, 0.15) is 19.9 Å². The number of nitrogens with zero attached hydrogens (tertiary/aromatic N) is 3. The van der Waals surface area contributed by atoms with Crippen LogP contribution in [0.25, 0.3) is 11.4 Å². The summed E-state index contributed by atoms with van der Waals surface area (Å²) in [6.45, 7) is 4.02. The van der Waals surface area contributed by atoms with Gasteiger partial charge in [-0.3, -0.25) is 0 Å². The zero-order valence-electron chi connectivity index (χ0n) is 8.68. The lowest BCUT2D eigenvalue weighted by Crippen LogP contribution is -2.02. The second-order valence-corrected chi connectivity index (χ2v) is 3.64. The molecule has 1 heterocycles. The van der Waals surface area contributed by atoms with Crippen molar-refractivity contribution in [3.05, 3.63) is 36.4 Å². The van der Waals surface area contributed by atoms with E-state index in [0.717, 1.165) is 0 Å². The van der Waals surface area contributed by atoms with E-state index in [1.807, 2.05) is 18.4 Å². The molecule has 0 unspecified atom stereocenters. The van der Waals surface area contributed by atoms with Crippen LogP contribution in [-0.2, 0) is 0 Å². The maximum Gasteiger partial charge on any atom is 0.166 e. The smallest absolute Gasteiger partial charge is 0.166 e. The lowest BCUT2D eigenvalue weighted by Gasteiger charge is -2.10. The fourth-order valence-corrected chi connectivity index (χ4v) is 1.46. The maximum atomic E-state index is 13.5. The zero-order chi connectivity index (χ0) is 10.8. The lowest BCUT2D eigenvalue weighted by atomic mass is 10.2. The Hall–Kier alpha value is -1.71. The van der Waals surface area contributed by atoms with Gasteiger partial charge in [-0.15, -0.1) is 10.2 Å². The molecule has 2 rings (SSSR count). The van der Waals surface area contributed by atoms with Gasteiger partial charge < -0.3 is 4.57 Å². The first kappa shape index (κ1) is 9.83. The quantitative estimate of drug-likeness (QED) is 0.754. The van der Waals surface area contributed by atoms with Gasteiger partial charge >= 0.3 is 0 Å². The zero-order valence-corrected chi connectivity index (χ0v) is 8.68. The van der Waals surface area contributed by atoms with E-state index in [4.69, 9.17) is 0 Å². The Kier molecular flexibility index (Phi) is 2.49. The van der Waals surface area contributed by atoms with Crippen molar-refractivity contribution >= 4 is 0 Å². The van der Waals surface area contributed by atoms with Crippen molar-refractivity contribution in [1.29, 1.82) is 0 Å². The van der Waals surface area contributed by atoms with Crippen LogP contribution >= 0.6 is 0 Å². The molecule has 15 heavy (non-hydrogen) atoms. The molecule has 0 radical (unpaired) electrons. The van der Waals surface area contributed by atoms with Crippen molar-refractivity contribution in [2.45, 2.75) is 19.9 Å². The minimum Gasteiger partial charge on any atom is -0.311 e. The van der Waals surface area contributed by atoms with Gasteiger partial charge in [0, 0.05) is 6.04 Å². The molecular weight excluding hydrogens is 193 g/mol. The van der Waals surface area contributed by atoms with Crippen molar-refractivity contribution in [2.75, 3.05) is 0 Å². The molecule has 0 atom stereocenters. The van der Waals surface area contributed by atoms with Gasteiger partial charge in [0.05, 0.1) is 5.56 Å². The first-order chi connectivity index (χ1) is 7.20. The number of rotatable bonds is 2. The van der Waals surface area contributed by atoms with Crippen LogP contribution in [0, 0.1) is 5.82 Å². The van der Waals surface area contributed by atoms with Gasteiger partial charge in [-0.25, -0.2) is 4.39 Å². The molecule has 0 bridgehead atoms. The van der Waals surface area contributed by atoms with Gasteiger partial charge in [-0.1, -0.05) is 12.1 Å². The molecule has 0 saturated heterocycles. The molecule has 0 aliphatic heterocycles. The van der Waals surface area contributed by atoms with Crippen LogP contribution in [0.15, 0.2) is 30.6 Å². The fraction of sp³-hybridized carbons (Fsp3) is 0.273. The van der Waals surface area contributed by atoms with Crippen LogP contribution in [-0.4, -0.2) is 14.8 Å². The standard InChI is InChI=1S/C11H12FN3/c1-8(2)15-7-13-14-11(15)9-5-3-4-6-10(9)12/h3-8H,1-2H3. The molecule has 4 heteroatoms. The predicted molar refractivity (Wildman–Crippen MR) is 55.8 cm³/mol. The lowest BCUT2D eigenvalue weighted by molar-refractivity contribution is 0.594. The minimum absolute atomic E-state index is 0.217. The molecule has 0 aliphatic carbocycles. The highest BCUT2D eigenvalue weighted by Gasteiger charge is 2.12. The number of halogens is 1. The number of aromatic nitrogens is 3. The van der Waals surface area contributed by atoms with Crippen molar-refractivity contribution in [3.8, 4) is 11.4 Å². The highest BCUT2D eigenvalue weighted by Crippen LogP contribution is 2.22. The number of hydrogen-bond donors (Lipinski definition) is 0. The van der Waals surface area contributed by atoms with Crippen LogP contribution in [0.3, 0.4) is 0 Å². The molecule has 1 aromatic carbocycles. The van der Waals surface area contributed by atoms with Gasteiger partial charge in [-0.05, 0) is 26.0 Å². The molecule has 0 aliphatic rings. The SMILES string of the molecule is CC(C)n1cnnc1-c1ccccc1F. The third kappa shape index (κ3) is 1.75. The highest BCUT2D eigenvalue weighted by atomic mass is 19.1. The summed E-state index contributed by atoms with van der Waals surface area (Å²) in [7, 11) is 0. The summed E-state index contributed by atoms with van der Waals surface area (Å²) in [4.78, 5) is 0. The van der Waals surface area contributed by atoms with Gasteiger partial charge in [0.1, 0.15) is 12.1 Å². The highest BCUT2D eigenvalue weighted by molar-refractivity contribution is 5.55. The van der Waals surface area contributed by atoms with E-state index >= 15 is 0 Å². The van der Waals surface area contributed by atoms with Gasteiger partial charge in [0.25, 0.3) is 0 Å². The molecule has 0 saturated carbocycles. The fourth-order valence-electron chi connectivity index (χ4n) is 1.46. The van der Waals surface area contributed by atoms with E-state index in [2.05, 4.69) is 10.2 Å². The van der Waals surface area contributed by atoms with Gasteiger partial charge in [0.15, 0.2) is 5.82 Å². The summed E-state index contributed by atoms with van der Waals surface area (Å²) in [6.07, 6.45) is 1.62. The maximum absolute atomic E-state index is 13.5. The summed E-state index contributed by atoms with van der Waals surface area (Å²) >= 11 is 0. The van der Waals surface area contributed by atoms with Crippen molar-refractivity contribution in [2.24, 2.45) is 0 Å². The van der Waals surface area contributed by atoms with E-state index in [1.54, 1.807) is 24.5 Å². The van der Waals surface area contributed by atoms with E-state index in [9.17, 15) is 4.39 Å². The first-order valence-corrected chi connectivity index (χ1v) is 4.84. The Bertz CT molecular complexity index is 462. The van der Waals surface area contributed by atoms with Gasteiger partial charge in [-0.2, -0.15) is 0 Å². The Morgan fingerprint density at radius 1 is 1.27 bits per heavy atom. The van der Waals surface area contributed by atoms with Crippen LogP contribution in [0.2, 0.25) is 0 Å². The average molecular weight is 205 g/mol. The van der Waals surface area contributed by atoms with E-state index in [1.165, 1.54) is 6.07 Å². The Labute approximate surface area is 87.6 Å². The summed E-state index contributed by atoms with van der Waals surface area (Å²) in [5.41, 5.74) is 0.490. The second kappa shape index (κ2) is 3.81. The molecule has 0 amide bonds. The Morgan fingerprint density at radius 2 is 2.00 bits per heavy atom. The topological polar surface area (TPSA) is 30.7 Å². The van der Waals surface area contributed by atoms with Crippen LogP contribution in [0.5, 0.6) is 0 Å². The third-order valence-electron chi connectivity index (χ3n) is 2.24. The monoisotopic (exact) mass is 205 g/mol. The molecule has 0 fully saturated rings. The van der Waals surface area contributed by atoms with E-state index < -0.39 is 0 Å². The molecule has 3 nitrogen and oxygen atoms in total. The van der Waals surface area contributed by atoms with Crippen molar-refractivity contribution in [3.63, 3.8) is 0 Å².